The van der Waals surface area contributed by atoms with E-state index in [-0.39, 0.29) is 5.82 Å². The summed E-state index contributed by atoms with van der Waals surface area (Å²) >= 11 is 1.28. The van der Waals surface area contributed by atoms with Crippen LogP contribution in [0.5, 0.6) is 0 Å². The van der Waals surface area contributed by atoms with E-state index >= 15 is 0 Å². The summed E-state index contributed by atoms with van der Waals surface area (Å²) in [6.07, 6.45) is 1.67. The summed E-state index contributed by atoms with van der Waals surface area (Å²) in [5.74, 6) is -1.37. The molecule has 6 nitrogen and oxygen atoms in total. The number of fused-ring (bicyclic) bond motifs is 1. The first-order valence-corrected chi connectivity index (χ1v) is 9.61. The summed E-state index contributed by atoms with van der Waals surface area (Å²) in [5, 5.41) is 4.38. The largest absolute Gasteiger partial charge is 0.467 e. The molecule has 2 aromatic heterocycles. The zero-order valence-corrected chi connectivity index (χ0v) is 16.2. The Morgan fingerprint density at radius 3 is 2.69 bits per heavy atom. The predicted molar refractivity (Wildman–Crippen MR) is 107 cm³/mol. The summed E-state index contributed by atoms with van der Waals surface area (Å²) < 4.78 is 20.0. The Morgan fingerprint density at radius 2 is 1.97 bits per heavy atom. The Bertz CT molecular complexity index is 1190. The number of thiazole rings is 1. The minimum absolute atomic E-state index is 0.324. The molecule has 4 rings (SSSR count). The second-order valence-corrected chi connectivity index (χ2v) is 7.09. The molecule has 0 bridgehead atoms. The van der Waals surface area contributed by atoms with E-state index in [2.05, 4.69) is 10.3 Å². The Morgan fingerprint density at radius 1 is 1.17 bits per heavy atom. The molecule has 0 aliphatic carbocycles. The fraction of sp³-hybridized carbons (Fsp3) is 0.0952. The third-order valence-corrected chi connectivity index (χ3v) is 5.25. The van der Waals surface area contributed by atoms with E-state index in [1.165, 1.54) is 30.6 Å². The Kier molecular flexibility index (Phi) is 5.09. The number of nitrogens with zero attached hydrogens (tertiary/aromatic N) is 2. The topological polar surface area (TPSA) is 72.7 Å². The zero-order valence-electron chi connectivity index (χ0n) is 15.3. The first-order chi connectivity index (χ1) is 14.1. The monoisotopic (exact) mass is 409 g/mol. The van der Waals surface area contributed by atoms with Crippen LogP contribution in [0.15, 0.2) is 66.2 Å². The molecular formula is C21H16FN3O3S. The molecule has 146 valence electrons. The highest BCUT2D eigenvalue weighted by Gasteiger charge is 2.25. The van der Waals surface area contributed by atoms with E-state index in [4.69, 9.17) is 4.74 Å². The van der Waals surface area contributed by atoms with Crippen molar-refractivity contribution in [3.8, 4) is 11.3 Å². The number of benzene rings is 2. The third-order valence-electron chi connectivity index (χ3n) is 4.41. The van der Waals surface area contributed by atoms with Gasteiger partial charge < -0.3 is 10.1 Å². The average Bonchev–Trinajstić information content (AvgIpc) is 3.33. The second kappa shape index (κ2) is 7.84. The minimum atomic E-state index is -0.935. The van der Waals surface area contributed by atoms with Crippen molar-refractivity contribution in [3.63, 3.8) is 0 Å². The summed E-state index contributed by atoms with van der Waals surface area (Å²) in [7, 11) is 1.27. The first-order valence-electron chi connectivity index (χ1n) is 8.73. The minimum Gasteiger partial charge on any atom is -0.467 e. The number of halogens is 1. The maximum Gasteiger partial charge on any atom is 0.333 e. The highest BCUT2D eigenvalue weighted by Crippen LogP contribution is 2.25. The third kappa shape index (κ3) is 3.74. The van der Waals surface area contributed by atoms with Gasteiger partial charge in [-0.3, -0.25) is 9.20 Å². The van der Waals surface area contributed by atoms with Gasteiger partial charge in [-0.05, 0) is 17.7 Å². The van der Waals surface area contributed by atoms with Crippen molar-refractivity contribution in [2.45, 2.75) is 6.04 Å². The van der Waals surface area contributed by atoms with Crippen LogP contribution in [-0.2, 0) is 9.53 Å². The van der Waals surface area contributed by atoms with Crippen molar-refractivity contribution in [2.75, 3.05) is 7.11 Å². The number of hydrogen-bond acceptors (Lipinski definition) is 5. The van der Waals surface area contributed by atoms with Crippen molar-refractivity contribution in [1.82, 2.24) is 14.7 Å². The van der Waals surface area contributed by atoms with Crippen LogP contribution in [0, 0.1) is 5.82 Å². The molecular weight excluding hydrogens is 393 g/mol. The van der Waals surface area contributed by atoms with Crippen molar-refractivity contribution in [2.24, 2.45) is 0 Å². The van der Waals surface area contributed by atoms with Gasteiger partial charge in [-0.2, -0.15) is 0 Å². The molecule has 0 radical (unpaired) electrons. The number of ether oxygens (including phenoxy) is 1. The molecule has 8 heteroatoms. The molecule has 0 aliphatic rings. The van der Waals surface area contributed by atoms with Gasteiger partial charge in [-0.15, -0.1) is 11.3 Å². The average molecular weight is 409 g/mol. The van der Waals surface area contributed by atoms with E-state index in [9.17, 15) is 14.0 Å². The van der Waals surface area contributed by atoms with Crippen LogP contribution in [0.3, 0.4) is 0 Å². The lowest BCUT2D eigenvalue weighted by atomic mass is 10.1. The molecule has 0 saturated carbocycles. The van der Waals surface area contributed by atoms with E-state index in [0.29, 0.717) is 27.5 Å². The lowest BCUT2D eigenvalue weighted by molar-refractivity contribution is -0.143. The zero-order chi connectivity index (χ0) is 20.4. The van der Waals surface area contributed by atoms with E-state index in [1.807, 2.05) is 6.07 Å². The summed E-state index contributed by atoms with van der Waals surface area (Å²) in [5.41, 5.74) is 2.11. The molecule has 1 amide bonds. The normalized spacial score (nSPS) is 11.9. The van der Waals surface area contributed by atoms with Crippen LogP contribution in [0.25, 0.3) is 16.2 Å². The number of amides is 1. The van der Waals surface area contributed by atoms with Gasteiger partial charge in [0.25, 0.3) is 5.91 Å². The molecule has 2 heterocycles. The van der Waals surface area contributed by atoms with Crippen molar-refractivity contribution in [3.05, 3.63) is 83.2 Å². The lowest BCUT2D eigenvalue weighted by Gasteiger charge is -2.16. The second-order valence-electron chi connectivity index (χ2n) is 6.25. The Balaban J connectivity index is 1.65. The van der Waals surface area contributed by atoms with E-state index in [0.717, 1.165) is 0 Å². The summed E-state index contributed by atoms with van der Waals surface area (Å²) in [6, 6.07) is 14.0. The van der Waals surface area contributed by atoms with Crippen LogP contribution < -0.4 is 5.32 Å². The molecule has 4 aromatic rings. The van der Waals surface area contributed by atoms with Crippen LogP contribution >= 0.6 is 11.3 Å². The van der Waals surface area contributed by atoms with Gasteiger partial charge in [0.05, 0.1) is 12.8 Å². The molecule has 1 N–H and O–H groups in total. The van der Waals surface area contributed by atoms with Gasteiger partial charge in [-0.1, -0.05) is 42.5 Å². The van der Waals surface area contributed by atoms with Crippen molar-refractivity contribution in [1.29, 1.82) is 0 Å². The molecule has 0 aliphatic heterocycles. The number of aromatic nitrogens is 2. The number of nitrogens with one attached hydrogen (secondary N) is 1. The number of carbonyl (C=O) groups is 2. The standard InChI is InChI=1S/C21H16FN3O3S/c1-28-20(27)18(13-6-3-2-4-7-13)24-19(26)17-12-29-21-23-16(11-25(17)21)14-8-5-9-15(22)10-14/h2-12,18H,1H3,(H,24,26)/t18-/m0/s1. The molecule has 0 fully saturated rings. The summed E-state index contributed by atoms with van der Waals surface area (Å²) in [6.45, 7) is 0. The Labute approximate surface area is 169 Å². The maximum atomic E-state index is 13.5. The number of carbonyl (C=O) groups excluding carboxylic acids is 2. The number of esters is 1. The molecule has 0 saturated heterocycles. The number of imidazole rings is 1. The van der Waals surface area contributed by atoms with Crippen LogP contribution in [-0.4, -0.2) is 28.4 Å². The van der Waals surface area contributed by atoms with Crippen molar-refractivity contribution >= 4 is 28.2 Å². The van der Waals surface area contributed by atoms with Gasteiger partial charge in [0.15, 0.2) is 11.0 Å². The molecule has 0 unspecified atom stereocenters. The SMILES string of the molecule is COC(=O)[C@@H](NC(=O)c1csc2nc(-c3cccc(F)c3)cn12)c1ccccc1. The fourth-order valence-electron chi connectivity index (χ4n) is 2.98. The van der Waals surface area contributed by atoms with E-state index in [1.54, 1.807) is 52.4 Å². The maximum absolute atomic E-state index is 13.5. The smallest absolute Gasteiger partial charge is 0.333 e. The van der Waals surface area contributed by atoms with Gasteiger partial charge in [-0.25, -0.2) is 14.2 Å². The highest BCUT2D eigenvalue weighted by molar-refractivity contribution is 7.15. The number of rotatable bonds is 5. The van der Waals surface area contributed by atoms with Gasteiger partial charge in [0.1, 0.15) is 11.5 Å². The lowest BCUT2D eigenvalue weighted by Crippen LogP contribution is -2.35. The molecule has 2 aromatic carbocycles. The van der Waals surface area contributed by atoms with Crippen molar-refractivity contribution < 1.29 is 18.7 Å². The van der Waals surface area contributed by atoms with Gasteiger partial charge >= 0.3 is 5.97 Å². The first kappa shape index (κ1) is 18.8. The summed E-state index contributed by atoms with van der Waals surface area (Å²) in [4.78, 5) is 30.2. The van der Waals surface area contributed by atoms with Crippen LogP contribution in [0.1, 0.15) is 22.1 Å². The van der Waals surface area contributed by atoms with Crippen LogP contribution in [0.2, 0.25) is 0 Å². The molecule has 29 heavy (non-hydrogen) atoms. The van der Waals surface area contributed by atoms with Gasteiger partial charge in [0, 0.05) is 17.1 Å². The van der Waals surface area contributed by atoms with Gasteiger partial charge in [0.2, 0.25) is 0 Å². The van der Waals surface area contributed by atoms with E-state index < -0.39 is 17.9 Å². The van der Waals surface area contributed by atoms with Crippen LogP contribution in [0.4, 0.5) is 4.39 Å². The quantitative estimate of drug-likeness (QED) is 0.508. The Hall–Kier alpha value is -3.52. The molecule has 0 spiro atoms. The molecule has 1 atom stereocenters. The fourth-order valence-corrected chi connectivity index (χ4v) is 3.83. The number of methoxy groups -OCH3 is 1. The highest BCUT2D eigenvalue weighted by atomic mass is 32.1. The number of hydrogen-bond donors (Lipinski definition) is 1. The predicted octanol–water partition coefficient (Wildman–Crippen LogP) is 3.85.